The molecule has 23 heavy (non-hydrogen) atoms. The third-order valence-corrected chi connectivity index (χ3v) is 5.41. The molecule has 1 heterocycles. The second-order valence-electron chi connectivity index (χ2n) is 7.08. The molecule has 1 aromatic carbocycles. The van der Waals surface area contributed by atoms with E-state index < -0.39 is 5.60 Å². The van der Waals surface area contributed by atoms with Gasteiger partial charge in [0.1, 0.15) is 5.82 Å². The molecule has 1 aromatic heterocycles. The highest BCUT2D eigenvalue weighted by atomic mass is 16.3. The first-order valence-corrected chi connectivity index (χ1v) is 8.17. The van der Waals surface area contributed by atoms with Crippen molar-refractivity contribution in [1.29, 1.82) is 0 Å². The minimum atomic E-state index is -0.556. The van der Waals surface area contributed by atoms with Crippen LogP contribution in [0, 0.1) is 11.8 Å². The van der Waals surface area contributed by atoms with E-state index in [1.807, 2.05) is 43.3 Å². The van der Waals surface area contributed by atoms with Crippen LogP contribution < -0.4 is 10.6 Å². The van der Waals surface area contributed by atoms with Crippen LogP contribution in [0.25, 0.3) is 10.9 Å². The molecule has 5 nitrogen and oxygen atoms in total. The van der Waals surface area contributed by atoms with E-state index in [2.05, 4.69) is 15.6 Å². The number of carbonyl (C=O) groups excluding carboxylic acids is 1. The smallest absolute Gasteiger partial charge is 0.320 e. The number of benzene rings is 1. The summed E-state index contributed by atoms with van der Waals surface area (Å²) in [6, 6.07) is 11.5. The predicted octanol–water partition coefficient (Wildman–Crippen LogP) is 2.91. The Morgan fingerprint density at radius 2 is 2.09 bits per heavy atom. The lowest BCUT2D eigenvalue weighted by Gasteiger charge is -2.32. The minimum absolute atomic E-state index is 0.153. The monoisotopic (exact) mass is 311 g/mol. The molecular weight excluding hydrogens is 290 g/mol. The van der Waals surface area contributed by atoms with Crippen molar-refractivity contribution in [2.45, 2.75) is 37.8 Å². The number of rotatable bonds is 2. The number of urea groups is 1. The fourth-order valence-corrected chi connectivity index (χ4v) is 4.19. The number of pyridine rings is 1. The highest BCUT2D eigenvalue weighted by Gasteiger charge is 2.52. The quantitative estimate of drug-likeness (QED) is 0.798. The number of para-hydroxylation sites is 1. The number of nitrogens with zero attached hydrogens (tertiary/aromatic N) is 1. The van der Waals surface area contributed by atoms with E-state index in [-0.39, 0.29) is 12.1 Å². The number of hydrogen-bond acceptors (Lipinski definition) is 3. The lowest BCUT2D eigenvalue weighted by Crippen LogP contribution is -2.45. The zero-order valence-corrected chi connectivity index (χ0v) is 13.1. The second kappa shape index (κ2) is 5.20. The van der Waals surface area contributed by atoms with E-state index in [1.165, 1.54) is 0 Å². The summed E-state index contributed by atoms with van der Waals surface area (Å²) in [4.78, 5) is 16.7. The molecule has 2 fully saturated rings. The summed E-state index contributed by atoms with van der Waals surface area (Å²) in [5, 5.41) is 17.1. The minimum Gasteiger partial charge on any atom is -0.390 e. The lowest BCUT2D eigenvalue weighted by atomic mass is 9.83. The van der Waals surface area contributed by atoms with Crippen molar-refractivity contribution in [1.82, 2.24) is 10.3 Å². The topological polar surface area (TPSA) is 74.2 Å². The zero-order valence-electron chi connectivity index (χ0n) is 13.1. The Labute approximate surface area is 135 Å². The molecular formula is C18H21N3O2. The van der Waals surface area contributed by atoms with Crippen LogP contribution in [0.2, 0.25) is 0 Å². The number of aromatic nitrogens is 1. The summed E-state index contributed by atoms with van der Waals surface area (Å²) in [5.74, 6) is 1.23. The number of anilines is 1. The third-order valence-electron chi connectivity index (χ3n) is 5.41. The largest absolute Gasteiger partial charge is 0.390 e. The Bertz CT molecular complexity index is 759. The van der Waals surface area contributed by atoms with Crippen LogP contribution in [0.4, 0.5) is 10.6 Å². The van der Waals surface area contributed by atoms with E-state index in [0.717, 1.165) is 30.2 Å². The molecule has 0 unspecified atom stereocenters. The maximum absolute atomic E-state index is 12.2. The van der Waals surface area contributed by atoms with Crippen molar-refractivity contribution in [3.8, 4) is 0 Å². The molecule has 2 saturated carbocycles. The van der Waals surface area contributed by atoms with Gasteiger partial charge in [0, 0.05) is 11.4 Å². The highest BCUT2D eigenvalue weighted by molar-refractivity contribution is 5.90. The number of hydrogen-bond donors (Lipinski definition) is 3. The summed E-state index contributed by atoms with van der Waals surface area (Å²) in [5.41, 5.74) is 0.306. The zero-order chi connectivity index (χ0) is 16.0. The van der Waals surface area contributed by atoms with Gasteiger partial charge in [-0.05, 0) is 56.2 Å². The summed E-state index contributed by atoms with van der Waals surface area (Å²) in [7, 11) is 0. The molecule has 2 aliphatic rings. The van der Waals surface area contributed by atoms with E-state index in [0.29, 0.717) is 17.7 Å². The Balaban J connectivity index is 1.40. The molecule has 2 aromatic rings. The van der Waals surface area contributed by atoms with Crippen molar-refractivity contribution in [2.75, 3.05) is 5.32 Å². The molecule has 0 radical (unpaired) electrons. The van der Waals surface area contributed by atoms with Gasteiger partial charge in [-0.2, -0.15) is 0 Å². The van der Waals surface area contributed by atoms with Gasteiger partial charge >= 0.3 is 6.03 Å². The first-order valence-electron chi connectivity index (χ1n) is 8.17. The molecule has 5 heteroatoms. The summed E-state index contributed by atoms with van der Waals surface area (Å²) in [6.45, 7) is 1.91. The van der Waals surface area contributed by atoms with Crippen molar-refractivity contribution in [3.05, 3.63) is 36.4 Å². The van der Waals surface area contributed by atoms with Gasteiger partial charge < -0.3 is 10.4 Å². The normalized spacial score (nSPS) is 32.2. The molecule has 0 aliphatic heterocycles. The number of amides is 2. The van der Waals surface area contributed by atoms with Gasteiger partial charge in [0.05, 0.1) is 11.1 Å². The second-order valence-corrected chi connectivity index (χ2v) is 7.08. The van der Waals surface area contributed by atoms with Gasteiger partial charge in [0.2, 0.25) is 0 Å². The van der Waals surface area contributed by atoms with Crippen molar-refractivity contribution >= 4 is 22.8 Å². The van der Waals surface area contributed by atoms with E-state index >= 15 is 0 Å². The van der Waals surface area contributed by atoms with Crippen LogP contribution in [0.15, 0.2) is 36.4 Å². The SMILES string of the molecule is C[C@@]1(O)C[C@@H]2C[C@H]1C[C@@H]2NC(=O)Nc1ccc2ccccc2n1. The first kappa shape index (κ1) is 14.5. The number of nitrogens with one attached hydrogen (secondary N) is 2. The maximum Gasteiger partial charge on any atom is 0.320 e. The number of carbonyl (C=O) groups is 1. The molecule has 0 spiro atoms. The maximum atomic E-state index is 12.2. The number of fused-ring (bicyclic) bond motifs is 3. The van der Waals surface area contributed by atoms with Crippen LogP contribution in [0.5, 0.6) is 0 Å². The van der Waals surface area contributed by atoms with Crippen molar-refractivity contribution in [2.24, 2.45) is 11.8 Å². The average molecular weight is 311 g/mol. The molecule has 2 aliphatic carbocycles. The van der Waals surface area contributed by atoms with E-state index in [4.69, 9.17) is 0 Å². The molecule has 2 amide bonds. The lowest BCUT2D eigenvalue weighted by molar-refractivity contribution is -0.000427. The highest BCUT2D eigenvalue weighted by Crippen LogP contribution is 2.50. The van der Waals surface area contributed by atoms with Gasteiger partial charge in [-0.25, -0.2) is 9.78 Å². The van der Waals surface area contributed by atoms with Crippen LogP contribution in [-0.2, 0) is 0 Å². The van der Waals surface area contributed by atoms with Crippen molar-refractivity contribution < 1.29 is 9.90 Å². The van der Waals surface area contributed by atoms with Gasteiger partial charge in [0.15, 0.2) is 0 Å². The van der Waals surface area contributed by atoms with Gasteiger partial charge in [0.25, 0.3) is 0 Å². The predicted molar refractivity (Wildman–Crippen MR) is 89.1 cm³/mol. The average Bonchev–Trinajstić information content (AvgIpc) is 3.02. The molecule has 4 rings (SSSR count). The molecule has 120 valence electrons. The molecule has 4 atom stereocenters. The first-order chi connectivity index (χ1) is 11.0. The van der Waals surface area contributed by atoms with Crippen LogP contribution in [-0.4, -0.2) is 27.8 Å². The van der Waals surface area contributed by atoms with Gasteiger partial charge in [-0.15, -0.1) is 0 Å². The van der Waals surface area contributed by atoms with E-state index in [1.54, 1.807) is 0 Å². The van der Waals surface area contributed by atoms with Crippen molar-refractivity contribution in [3.63, 3.8) is 0 Å². The summed E-state index contributed by atoms with van der Waals surface area (Å²) >= 11 is 0. The standard InChI is InChI=1S/C18H21N3O2/c1-18(23)10-12-8-13(18)9-15(12)20-17(22)21-16-7-6-11-4-2-3-5-14(11)19-16/h2-7,12-13,15,23H,8-10H2,1H3,(H2,19,20,21,22)/t12-,13-,15-,18+/m0/s1. The molecule has 3 N–H and O–H groups in total. The van der Waals surface area contributed by atoms with Crippen LogP contribution in [0.3, 0.4) is 0 Å². The van der Waals surface area contributed by atoms with Gasteiger partial charge in [-0.3, -0.25) is 5.32 Å². The Morgan fingerprint density at radius 1 is 1.26 bits per heavy atom. The van der Waals surface area contributed by atoms with Gasteiger partial charge in [-0.1, -0.05) is 18.2 Å². The fraction of sp³-hybridized carbons (Fsp3) is 0.444. The Morgan fingerprint density at radius 3 is 2.83 bits per heavy atom. The Kier molecular flexibility index (Phi) is 3.27. The summed E-state index contributed by atoms with van der Waals surface area (Å²) < 4.78 is 0. The fourth-order valence-electron chi connectivity index (χ4n) is 4.19. The number of aliphatic hydroxyl groups is 1. The molecule has 0 saturated heterocycles. The summed E-state index contributed by atoms with van der Waals surface area (Å²) in [6.07, 6.45) is 2.64. The van der Waals surface area contributed by atoms with Crippen LogP contribution in [0.1, 0.15) is 26.2 Å². The Hall–Kier alpha value is -2.14. The molecule has 2 bridgehead atoms. The third kappa shape index (κ3) is 2.65. The van der Waals surface area contributed by atoms with E-state index in [9.17, 15) is 9.90 Å². The van der Waals surface area contributed by atoms with Crippen LogP contribution >= 0.6 is 0 Å².